The van der Waals surface area contributed by atoms with Crippen LogP contribution >= 0.6 is 11.6 Å². The van der Waals surface area contributed by atoms with Crippen LogP contribution in [0.1, 0.15) is 36.5 Å². The van der Waals surface area contributed by atoms with Crippen LogP contribution in [0.4, 0.5) is 0 Å². The van der Waals surface area contributed by atoms with Crippen molar-refractivity contribution in [3.63, 3.8) is 0 Å². The number of amides is 1. The largest absolute Gasteiger partial charge is 0.493 e. The van der Waals surface area contributed by atoms with E-state index in [9.17, 15) is 14.7 Å². The Morgan fingerprint density at radius 1 is 1.06 bits per heavy atom. The molecule has 7 heteroatoms. The number of carboxylic acids is 1. The number of aryl methyl sites for hydroxylation is 2. The number of carbonyl (C=O) groups excluding carboxylic acids is 1. The van der Waals surface area contributed by atoms with Crippen molar-refractivity contribution in [2.75, 3.05) is 13.2 Å². The summed E-state index contributed by atoms with van der Waals surface area (Å²) >= 11 is 6.17. The van der Waals surface area contributed by atoms with E-state index >= 15 is 0 Å². The highest BCUT2D eigenvalue weighted by atomic mass is 35.5. The summed E-state index contributed by atoms with van der Waals surface area (Å²) in [4.78, 5) is 24.5. The van der Waals surface area contributed by atoms with Crippen molar-refractivity contribution in [2.45, 2.75) is 33.6 Å². The number of ether oxygens (including phenoxy) is 2. The van der Waals surface area contributed by atoms with Crippen LogP contribution in [0, 0.1) is 13.8 Å². The van der Waals surface area contributed by atoms with Gasteiger partial charge in [0.1, 0.15) is 17.2 Å². The number of halogens is 1. The van der Waals surface area contributed by atoms with Gasteiger partial charge in [-0.2, -0.15) is 0 Å². The monoisotopic (exact) mass is 481 g/mol. The van der Waals surface area contributed by atoms with Gasteiger partial charge in [-0.15, -0.1) is 0 Å². The number of carbonyl (C=O) groups is 2. The Kier molecular flexibility index (Phi) is 8.55. The molecule has 0 fully saturated rings. The van der Waals surface area contributed by atoms with E-state index in [2.05, 4.69) is 12.2 Å². The van der Waals surface area contributed by atoms with Crippen molar-refractivity contribution in [2.24, 2.45) is 0 Å². The molecule has 0 saturated carbocycles. The second kappa shape index (κ2) is 11.6. The van der Waals surface area contributed by atoms with Crippen molar-refractivity contribution >= 4 is 40.3 Å². The van der Waals surface area contributed by atoms with Crippen LogP contribution in [0.15, 0.2) is 54.2 Å². The summed E-state index contributed by atoms with van der Waals surface area (Å²) < 4.78 is 11.5. The highest BCUT2D eigenvalue weighted by Crippen LogP contribution is 2.30. The molecule has 0 aliphatic heterocycles. The summed E-state index contributed by atoms with van der Waals surface area (Å²) in [6.45, 7) is 5.92. The lowest BCUT2D eigenvalue weighted by Gasteiger charge is -2.14. The highest BCUT2D eigenvalue weighted by Gasteiger charge is 2.16. The Bertz CT molecular complexity index is 1210. The maximum absolute atomic E-state index is 12.5. The zero-order valence-electron chi connectivity index (χ0n) is 19.5. The number of nitrogens with one attached hydrogen (secondary N) is 1. The van der Waals surface area contributed by atoms with Gasteiger partial charge in [0.05, 0.1) is 6.61 Å². The summed E-state index contributed by atoms with van der Waals surface area (Å²) in [6, 6.07) is 14.8. The molecule has 0 bridgehead atoms. The molecule has 178 valence electrons. The first kappa shape index (κ1) is 25.1. The molecule has 0 aliphatic carbocycles. The average molecular weight is 482 g/mol. The number of carboxylic acid groups (broad SMARTS) is 1. The van der Waals surface area contributed by atoms with Gasteiger partial charge in [-0.1, -0.05) is 55.3 Å². The minimum Gasteiger partial charge on any atom is -0.493 e. The van der Waals surface area contributed by atoms with Crippen LogP contribution < -0.4 is 14.8 Å². The summed E-state index contributed by atoms with van der Waals surface area (Å²) in [5, 5.41) is 14.6. The fraction of sp³-hybridized carbons (Fsp3) is 0.259. The molecule has 1 amide bonds. The smallest absolute Gasteiger partial charge is 0.352 e. The summed E-state index contributed by atoms with van der Waals surface area (Å²) in [6.07, 6.45) is 3.28. The zero-order valence-corrected chi connectivity index (χ0v) is 20.2. The molecule has 0 heterocycles. The SMILES string of the molecule is CCCCOc1ccc2ccccc2c1/C=C(/NC(=O)COc1cc(C)c(Cl)c(C)c1)C(=O)O. The Balaban J connectivity index is 1.85. The predicted molar refractivity (Wildman–Crippen MR) is 135 cm³/mol. The molecule has 3 aromatic rings. The van der Waals surface area contributed by atoms with Gasteiger partial charge in [-0.3, -0.25) is 4.79 Å². The zero-order chi connectivity index (χ0) is 24.7. The Morgan fingerprint density at radius 2 is 1.76 bits per heavy atom. The van der Waals surface area contributed by atoms with Gasteiger partial charge in [0.2, 0.25) is 0 Å². The van der Waals surface area contributed by atoms with Crippen LogP contribution in [0.2, 0.25) is 5.02 Å². The van der Waals surface area contributed by atoms with Gasteiger partial charge in [0.25, 0.3) is 5.91 Å². The number of hydrogen-bond acceptors (Lipinski definition) is 4. The van der Waals surface area contributed by atoms with Gasteiger partial charge < -0.3 is 19.9 Å². The van der Waals surface area contributed by atoms with Gasteiger partial charge in [-0.05, 0) is 66.4 Å². The standard InChI is InChI=1S/C27H28ClNO5/c1-4-5-12-33-24-11-10-19-8-6-7-9-21(19)22(24)15-23(27(31)32)29-25(30)16-34-20-13-17(2)26(28)18(3)14-20/h6-11,13-15H,4-5,12,16H2,1-3H3,(H,29,30)(H,31,32)/b23-15+. The predicted octanol–water partition coefficient (Wildman–Crippen LogP) is 5.91. The Morgan fingerprint density at radius 3 is 2.44 bits per heavy atom. The Labute approximate surface area is 204 Å². The van der Waals surface area contributed by atoms with Crippen molar-refractivity contribution in [3.8, 4) is 11.5 Å². The van der Waals surface area contributed by atoms with Crippen molar-refractivity contribution in [3.05, 3.63) is 75.9 Å². The number of hydrogen-bond donors (Lipinski definition) is 2. The number of fused-ring (bicyclic) bond motifs is 1. The lowest BCUT2D eigenvalue weighted by atomic mass is 10.0. The molecule has 0 aromatic heterocycles. The summed E-state index contributed by atoms with van der Waals surface area (Å²) in [5.74, 6) is -0.814. The molecule has 0 spiro atoms. The molecule has 34 heavy (non-hydrogen) atoms. The molecular formula is C27H28ClNO5. The van der Waals surface area contributed by atoms with E-state index < -0.39 is 11.9 Å². The van der Waals surface area contributed by atoms with E-state index in [1.807, 2.05) is 50.2 Å². The summed E-state index contributed by atoms with van der Waals surface area (Å²) in [5.41, 5.74) is 1.98. The van der Waals surface area contributed by atoms with Gasteiger partial charge in [-0.25, -0.2) is 4.79 Å². The van der Waals surface area contributed by atoms with E-state index in [1.165, 1.54) is 6.08 Å². The van der Waals surface area contributed by atoms with Crippen LogP contribution in [-0.4, -0.2) is 30.2 Å². The van der Waals surface area contributed by atoms with Crippen LogP contribution in [0.3, 0.4) is 0 Å². The molecule has 6 nitrogen and oxygen atoms in total. The first-order valence-electron chi connectivity index (χ1n) is 11.1. The maximum Gasteiger partial charge on any atom is 0.352 e. The van der Waals surface area contributed by atoms with E-state index in [4.69, 9.17) is 21.1 Å². The average Bonchev–Trinajstić information content (AvgIpc) is 2.81. The van der Waals surface area contributed by atoms with E-state index in [-0.39, 0.29) is 12.3 Å². The fourth-order valence-electron chi connectivity index (χ4n) is 3.50. The van der Waals surface area contributed by atoms with Crippen molar-refractivity contribution in [1.29, 1.82) is 0 Å². The van der Waals surface area contributed by atoms with E-state index in [0.717, 1.165) is 34.7 Å². The lowest BCUT2D eigenvalue weighted by Crippen LogP contribution is -2.31. The maximum atomic E-state index is 12.5. The highest BCUT2D eigenvalue weighted by molar-refractivity contribution is 6.32. The second-order valence-electron chi connectivity index (χ2n) is 7.97. The van der Waals surface area contributed by atoms with Gasteiger partial charge >= 0.3 is 5.97 Å². The number of unbranched alkanes of at least 4 members (excludes halogenated alkanes) is 1. The summed E-state index contributed by atoms with van der Waals surface area (Å²) in [7, 11) is 0. The third-order valence-electron chi connectivity index (χ3n) is 5.26. The first-order chi connectivity index (χ1) is 16.3. The van der Waals surface area contributed by atoms with Crippen molar-refractivity contribution in [1.82, 2.24) is 5.32 Å². The van der Waals surface area contributed by atoms with E-state index in [1.54, 1.807) is 12.1 Å². The number of benzene rings is 3. The molecule has 3 aromatic carbocycles. The van der Waals surface area contributed by atoms with E-state index in [0.29, 0.717) is 28.7 Å². The number of aliphatic carboxylic acids is 1. The fourth-order valence-corrected chi connectivity index (χ4v) is 3.61. The molecule has 0 atom stereocenters. The lowest BCUT2D eigenvalue weighted by molar-refractivity contribution is -0.134. The Hall–Kier alpha value is -3.51. The molecule has 2 N–H and O–H groups in total. The minimum atomic E-state index is -1.26. The van der Waals surface area contributed by atoms with Crippen LogP contribution in [0.5, 0.6) is 11.5 Å². The third kappa shape index (κ3) is 6.29. The van der Waals surface area contributed by atoms with Gasteiger partial charge in [0.15, 0.2) is 6.61 Å². The van der Waals surface area contributed by atoms with Crippen LogP contribution in [0.25, 0.3) is 16.8 Å². The third-order valence-corrected chi connectivity index (χ3v) is 5.86. The molecule has 0 saturated heterocycles. The van der Waals surface area contributed by atoms with Crippen molar-refractivity contribution < 1.29 is 24.2 Å². The quantitative estimate of drug-likeness (QED) is 0.278. The number of rotatable bonds is 10. The molecule has 0 radical (unpaired) electrons. The molecule has 3 rings (SSSR count). The minimum absolute atomic E-state index is 0.270. The first-order valence-corrected chi connectivity index (χ1v) is 11.5. The van der Waals surface area contributed by atoms with Crippen LogP contribution in [-0.2, 0) is 9.59 Å². The van der Waals surface area contributed by atoms with Gasteiger partial charge in [0, 0.05) is 10.6 Å². The second-order valence-corrected chi connectivity index (χ2v) is 8.35. The topological polar surface area (TPSA) is 84.9 Å². The molecule has 0 aliphatic rings. The molecule has 0 unspecified atom stereocenters. The normalized spacial score (nSPS) is 11.4. The molecular weight excluding hydrogens is 454 g/mol.